The molecule has 0 atom stereocenters. The molecule has 9 heteroatoms. The Morgan fingerprint density at radius 2 is 1.00 bits per heavy atom. The van der Waals surface area contributed by atoms with Gasteiger partial charge in [0.15, 0.2) is 11.6 Å². The number of carbonyl (C=O) groups excluding carboxylic acids is 2. The first-order valence-corrected chi connectivity index (χ1v) is 6.59. The van der Waals surface area contributed by atoms with Crippen LogP contribution in [0.4, 0.5) is 0 Å². The van der Waals surface area contributed by atoms with Gasteiger partial charge in [-0.15, -0.1) is 57.9 Å². The Morgan fingerprint density at radius 3 is 1.16 bits per heavy atom. The van der Waals surface area contributed by atoms with Gasteiger partial charge in [-0.3, -0.25) is 9.59 Å². The maximum atomic E-state index is 10.3. The zero-order valence-corrected chi connectivity index (χ0v) is 13.4. The smallest absolute Gasteiger partial charge is 0.875 e. The standard InChI is InChI=1S/2C5H6Cl2O2.Cu/c2*6-2-4(8)1-5(9)3-7;/h2*1,8H,2-3H2;/q;;+2/p-2/b2*4-1-;. The van der Waals surface area contributed by atoms with E-state index >= 15 is 0 Å². The third kappa shape index (κ3) is 18.1. The first-order chi connectivity index (χ1) is 8.40. The van der Waals surface area contributed by atoms with Gasteiger partial charge in [0.1, 0.15) is 0 Å². The van der Waals surface area contributed by atoms with Crippen LogP contribution < -0.4 is 10.2 Å². The minimum Gasteiger partial charge on any atom is -0.875 e. The summed E-state index contributed by atoms with van der Waals surface area (Å²) < 4.78 is 0. The van der Waals surface area contributed by atoms with E-state index in [9.17, 15) is 19.8 Å². The largest absolute Gasteiger partial charge is 2.00 e. The van der Waals surface area contributed by atoms with Gasteiger partial charge in [0.2, 0.25) is 0 Å². The molecule has 113 valence electrons. The van der Waals surface area contributed by atoms with Gasteiger partial charge in [0.05, 0.1) is 11.8 Å². The third-order valence-electron chi connectivity index (χ3n) is 1.17. The van der Waals surface area contributed by atoms with Crippen molar-refractivity contribution in [2.45, 2.75) is 0 Å². The number of halogens is 4. The molecule has 0 unspecified atom stereocenters. The van der Waals surface area contributed by atoms with Crippen molar-refractivity contribution in [3.8, 4) is 0 Å². The SMILES string of the molecule is O=C(/C=C(\[O-])CCl)CCl.O=C(/C=C(\[O-])CCl)CCl.[Cu+2]. The number of ketones is 2. The van der Waals surface area contributed by atoms with Crippen LogP contribution in [0.2, 0.25) is 0 Å². The molecule has 1 radical (unpaired) electrons. The molecule has 0 saturated carbocycles. The Bertz CT molecular complexity index is 299. The van der Waals surface area contributed by atoms with Crippen LogP contribution in [-0.4, -0.2) is 35.1 Å². The van der Waals surface area contributed by atoms with Gasteiger partial charge >= 0.3 is 17.1 Å². The summed E-state index contributed by atoms with van der Waals surface area (Å²) >= 11 is 20.3. The average Bonchev–Trinajstić information content (AvgIpc) is 2.38. The topological polar surface area (TPSA) is 80.3 Å². The summed E-state index contributed by atoms with van der Waals surface area (Å²) in [7, 11) is 0. The second kappa shape index (κ2) is 16.2. The first-order valence-electron chi connectivity index (χ1n) is 4.45. The molecule has 4 nitrogen and oxygen atoms in total. The van der Waals surface area contributed by atoms with Crippen LogP contribution in [-0.2, 0) is 26.7 Å². The summed E-state index contributed by atoms with van der Waals surface area (Å²) in [6, 6.07) is 0. The maximum absolute atomic E-state index is 10.3. The summed E-state index contributed by atoms with van der Waals surface area (Å²) in [5.74, 6) is -2.26. The molecule has 0 saturated heterocycles. The summed E-state index contributed by atoms with van der Waals surface area (Å²) in [6.07, 6.45) is 1.81. The molecule has 0 spiro atoms. The van der Waals surface area contributed by atoms with Crippen LogP contribution in [0.1, 0.15) is 0 Å². The van der Waals surface area contributed by atoms with Gasteiger partial charge < -0.3 is 10.2 Å². The summed E-state index contributed by atoms with van der Waals surface area (Å²) in [5, 5.41) is 20.6. The fourth-order valence-electron chi connectivity index (χ4n) is 0.513. The molecule has 0 heterocycles. The molecule has 0 bridgehead atoms. The van der Waals surface area contributed by atoms with E-state index in [1.807, 2.05) is 0 Å². The zero-order valence-electron chi connectivity index (χ0n) is 9.43. The molecule has 0 N–H and O–H groups in total. The van der Waals surface area contributed by atoms with Crippen molar-refractivity contribution in [3.05, 3.63) is 23.7 Å². The molecular formula is C10H10Cl4CuO4. The molecular weight excluding hydrogens is 389 g/mol. The average molecular weight is 400 g/mol. The van der Waals surface area contributed by atoms with Gasteiger partial charge in [0.25, 0.3) is 0 Å². The molecule has 0 aromatic rings. The zero-order chi connectivity index (χ0) is 14.6. The predicted octanol–water partition coefficient (Wildman–Crippen LogP) is 0.552. The van der Waals surface area contributed by atoms with E-state index in [0.29, 0.717) is 0 Å². The number of alkyl halides is 4. The van der Waals surface area contributed by atoms with E-state index in [1.54, 1.807) is 0 Å². The molecule has 0 aromatic carbocycles. The van der Waals surface area contributed by atoms with Gasteiger partial charge in [-0.2, -0.15) is 0 Å². The Labute approximate surface area is 141 Å². The monoisotopic (exact) mass is 397 g/mol. The van der Waals surface area contributed by atoms with Crippen molar-refractivity contribution in [3.63, 3.8) is 0 Å². The van der Waals surface area contributed by atoms with E-state index in [1.165, 1.54) is 0 Å². The second-order valence-electron chi connectivity index (χ2n) is 2.69. The van der Waals surface area contributed by atoms with Crippen LogP contribution in [0, 0.1) is 0 Å². The minimum atomic E-state index is -0.401. The van der Waals surface area contributed by atoms with E-state index in [-0.39, 0.29) is 40.6 Å². The van der Waals surface area contributed by atoms with E-state index in [2.05, 4.69) is 0 Å². The maximum Gasteiger partial charge on any atom is 2.00 e. The van der Waals surface area contributed by atoms with Crippen LogP contribution >= 0.6 is 46.4 Å². The van der Waals surface area contributed by atoms with E-state index < -0.39 is 23.1 Å². The Hall–Kier alpha value is 0.0995. The van der Waals surface area contributed by atoms with Crippen LogP contribution in [0.25, 0.3) is 0 Å². The Balaban J connectivity index is -0.000000256. The van der Waals surface area contributed by atoms with Gasteiger partial charge in [0, 0.05) is 11.8 Å². The summed E-state index contributed by atoms with van der Waals surface area (Å²) in [4.78, 5) is 20.6. The number of allylic oxidation sites excluding steroid dienone is 4. The Kier molecular flexibility index (Phi) is 20.5. The third-order valence-corrected chi connectivity index (χ3v) is 2.22. The van der Waals surface area contributed by atoms with Crippen LogP contribution in [0.15, 0.2) is 23.7 Å². The van der Waals surface area contributed by atoms with Crippen molar-refractivity contribution in [2.75, 3.05) is 23.5 Å². The van der Waals surface area contributed by atoms with Crippen molar-refractivity contribution >= 4 is 58.0 Å². The minimum absolute atomic E-state index is 0. The van der Waals surface area contributed by atoms with Crippen molar-refractivity contribution < 1.29 is 36.9 Å². The molecule has 0 fully saturated rings. The number of carbonyl (C=O) groups is 2. The molecule has 0 aliphatic heterocycles. The van der Waals surface area contributed by atoms with Gasteiger partial charge in [-0.25, -0.2) is 0 Å². The molecule has 0 aliphatic rings. The number of hydrogen-bond donors (Lipinski definition) is 0. The summed E-state index contributed by atoms with van der Waals surface area (Å²) in [6.45, 7) is 0. The fraction of sp³-hybridized carbons (Fsp3) is 0.400. The van der Waals surface area contributed by atoms with Crippen LogP contribution in [0.5, 0.6) is 0 Å². The van der Waals surface area contributed by atoms with E-state index in [4.69, 9.17) is 46.4 Å². The van der Waals surface area contributed by atoms with Gasteiger partial charge in [-0.05, 0) is 12.2 Å². The number of hydrogen-bond acceptors (Lipinski definition) is 4. The molecule has 19 heavy (non-hydrogen) atoms. The second-order valence-corrected chi connectivity index (χ2v) is 3.76. The molecule has 0 aliphatic carbocycles. The first kappa shape index (κ1) is 24.1. The normalized spacial score (nSPS) is 10.9. The van der Waals surface area contributed by atoms with Crippen LogP contribution in [0.3, 0.4) is 0 Å². The molecule has 0 aromatic heterocycles. The Morgan fingerprint density at radius 1 is 0.737 bits per heavy atom. The fourth-order valence-corrected chi connectivity index (χ4v) is 0.822. The summed E-state index contributed by atoms with van der Waals surface area (Å²) in [5.41, 5.74) is 0. The molecule has 0 amide bonds. The van der Waals surface area contributed by atoms with Crippen molar-refractivity contribution in [1.82, 2.24) is 0 Å². The molecule has 0 rings (SSSR count). The quantitative estimate of drug-likeness (QED) is 0.283. The van der Waals surface area contributed by atoms with Crippen molar-refractivity contribution in [1.29, 1.82) is 0 Å². The van der Waals surface area contributed by atoms with E-state index in [0.717, 1.165) is 12.2 Å². The predicted molar refractivity (Wildman–Crippen MR) is 69.1 cm³/mol. The van der Waals surface area contributed by atoms with Gasteiger partial charge in [-0.1, -0.05) is 0 Å². The van der Waals surface area contributed by atoms with Crippen molar-refractivity contribution in [2.24, 2.45) is 0 Å². The number of rotatable bonds is 6.